The van der Waals surface area contributed by atoms with E-state index in [1.165, 1.54) is 38.0 Å². The second-order valence-corrected chi connectivity index (χ2v) is 7.53. The molecule has 0 radical (unpaired) electrons. The average molecular weight is 270 g/mol. The van der Waals surface area contributed by atoms with Gasteiger partial charge in [-0.3, -0.25) is 4.90 Å². The molecule has 1 heterocycles. The van der Waals surface area contributed by atoms with Gasteiger partial charge >= 0.3 is 0 Å². The lowest BCUT2D eigenvalue weighted by Crippen LogP contribution is -2.56. The summed E-state index contributed by atoms with van der Waals surface area (Å²) in [6.45, 7) is 8.47. The summed E-state index contributed by atoms with van der Waals surface area (Å²) in [5.41, 5.74) is 0. The molecule has 0 spiro atoms. The van der Waals surface area contributed by atoms with Gasteiger partial charge in [0.15, 0.2) is 0 Å². The van der Waals surface area contributed by atoms with Gasteiger partial charge in [0.2, 0.25) is 0 Å². The van der Waals surface area contributed by atoms with Crippen molar-refractivity contribution in [2.75, 3.05) is 19.3 Å². The maximum Gasteiger partial charge on any atom is 0.0217 e. The molecular weight excluding hydrogens is 240 g/mol. The third-order valence-electron chi connectivity index (χ3n) is 5.21. The second-order valence-electron chi connectivity index (χ2n) is 6.01. The normalized spacial score (nSPS) is 42.3. The molecule has 106 valence electrons. The maximum absolute atomic E-state index is 3.50. The molecule has 0 aromatic rings. The summed E-state index contributed by atoms with van der Waals surface area (Å²) in [6.07, 6.45) is 5.63. The van der Waals surface area contributed by atoms with Crippen LogP contribution in [0.15, 0.2) is 0 Å². The van der Waals surface area contributed by atoms with E-state index in [0.29, 0.717) is 0 Å². The zero-order valence-corrected chi connectivity index (χ0v) is 13.3. The van der Waals surface area contributed by atoms with Crippen molar-refractivity contribution in [3.63, 3.8) is 0 Å². The predicted molar refractivity (Wildman–Crippen MR) is 82.4 cm³/mol. The zero-order chi connectivity index (χ0) is 13.1. The molecule has 5 atom stereocenters. The molecule has 2 fully saturated rings. The molecule has 1 saturated carbocycles. The highest BCUT2D eigenvalue weighted by Crippen LogP contribution is 2.37. The van der Waals surface area contributed by atoms with Crippen molar-refractivity contribution in [1.29, 1.82) is 0 Å². The molecule has 0 aromatic carbocycles. The van der Waals surface area contributed by atoms with Crippen LogP contribution in [-0.4, -0.2) is 47.6 Å². The molecule has 0 aromatic heterocycles. The number of nitrogens with zero attached hydrogens (tertiary/aromatic N) is 1. The molecule has 1 N–H and O–H groups in total. The van der Waals surface area contributed by atoms with E-state index in [9.17, 15) is 0 Å². The van der Waals surface area contributed by atoms with Crippen LogP contribution in [0.2, 0.25) is 0 Å². The van der Waals surface area contributed by atoms with E-state index < -0.39 is 0 Å². The quantitative estimate of drug-likeness (QED) is 0.845. The van der Waals surface area contributed by atoms with Gasteiger partial charge in [-0.25, -0.2) is 0 Å². The molecule has 0 amide bonds. The molecule has 3 heteroatoms. The molecule has 1 saturated heterocycles. The number of thioether (sulfide) groups is 1. The summed E-state index contributed by atoms with van der Waals surface area (Å²) in [5.74, 6) is 2.05. The van der Waals surface area contributed by atoms with Crippen LogP contribution in [0.1, 0.15) is 46.5 Å². The Kier molecular flexibility index (Phi) is 5.40. The summed E-state index contributed by atoms with van der Waals surface area (Å²) in [6, 6.07) is 2.30. The van der Waals surface area contributed by atoms with Crippen LogP contribution >= 0.6 is 11.8 Å². The van der Waals surface area contributed by atoms with E-state index in [1.807, 2.05) is 0 Å². The van der Waals surface area contributed by atoms with Gasteiger partial charge in [0.05, 0.1) is 0 Å². The molecule has 0 bridgehead atoms. The number of piperidine rings is 1. The summed E-state index contributed by atoms with van der Waals surface area (Å²) in [5, 5.41) is 4.40. The highest BCUT2D eigenvalue weighted by atomic mass is 32.2. The SMILES string of the molecule is CCSC1CCCC1N1CCC(NC)C(C)C1C. The van der Waals surface area contributed by atoms with E-state index >= 15 is 0 Å². The third-order valence-corrected chi connectivity index (χ3v) is 6.52. The Bertz CT molecular complexity index is 259. The zero-order valence-electron chi connectivity index (χ0n) is 12.5. The van der Waals surface area contributed by atoms with E-state index in [2.05, 4.69) is 49.8 Å². The van der Waals surface area contributed by atoms with Crippen LogP contribution in [-0.2, 0) is 0 Å². The fourth-order valence-corrected chi connectivity index (χ4v) is 5.24. The molecule has 18 heavy (non-hydrogen) atoms. The van der Waals surface area contributed by atoms with Crippen LogP contribution in [0.4, 0.5) is 0 Å². The Morgan fingerprint density at radius 1 is 1.22 bits per heavy atom. The maximum atomic E-state index is 3.50. The van der Waals surface area contributed by atoms with E-state index in [-0.39, 0.29) is 0 Å². The Balaban J connectivity index is 2.00. The molecule has 1 aliphatic heterocycles. The molecule has 2 nitrogen and oxygen atoms in total. The summed E-state index contributed by atoms with van der Waals surface area (Å²) < 4.78 is 0. The van der Waals surface area contributed by atoms with Crippen molar-refractivity contribution in [1.82, 2.24) is 10.2 Å². The minimum atomic E-state index is 0.718. The molecule has 5 unspecified atom stereocenters. The van der Waals surface area contributed by atoms with E-state index in [1.54, 1.807) is 0 Å². The number of hydrogen-bond acceptors (Lipinski definition) is 3. The minimum Gasteiger partial charge on any atom is -0.317 e. The van der Waals surface area contributed by atoms with Gasteiger partial charge in [-0.1, -0.05) is 20.3 Å². The smallest absolute Gasteiger partial charge is 0.0217 e. The monoisotopic (exact) mass is 270 g/mol. The fourth-order valence-electron chi connectivity index (χ4n) is 3.96. The van der Waals surface area contributed by atoms with Gasteiger partial charge < -0.3 is 5.32 Å². The molecule has 2 aliphatic rings. The Morgan fingerprint density at radius 3 is 2.67 bits per heavy atom. The Labute approximate surface area is 117 Å². The van der Waals surface area contributed by atoms with Crippen molar-refractivity contribution in [2.24, 2.45) is 5.92 Å². The first-order chi connectivity index (χ1) is 8.69. The van der Waals surface area contributed by atoms with Crippen LogP contribution in [0.25, 0.3) is 0 Å². The number of hydrogen-bond donors (Lipinski definition) is 1. The third kappa shape index (κ3) is 2.88. The topological polar surface area (TPSA) is 15.3 Å². The minimum absolute atomic E-state index is 0.718. The van der Waals surface area contributed by atoms with Crippen molar-refractivity contribution < 1.29 is 0 Å². The summed E-state index contributed by atoms with van der Waals surface area (Å²) in [4.78, 5) is 2.83. The first kappa shape index (κ1) is 14.7. The Morgan fingerprint density at radius 2 is 2.00 bits per heavy atom. The van der Waals surface area contributed by atoms with Crippen LogP contribution < -0.4 is 5.32 Å². The summed E-state index contributed by atoms with van der Waals surface area (Å²) >= 11 is 2.19. The number of likely N-dealkylation sites (tertiary alicyclic amines) is 1. The standard InChI is InChI=1S/C15H30N2S/c1-5-18-15-8-6-7-14(15)17-10-9-13(16-4)11(2)12(17)3/h11-16H,5-10H2,1-4H3. The van der Waals surface area contributed by atoms with Gasteiger partial charge in [0, 0.05) is 29.9 Å². The van der Waals surface area contributed by atoms with Crippen molar-refractivity contribution in [3.05, 3.63) is 0 Å². The van der Waals surface area contributed by atoms with Gasteiger partial charge in [0.25, 0.3) is 0 Å². The van der Waals surface area contributed by atoms with E-state index in [4.69, 9.17) is 0 Å². The molecule has 1 aliphatic carbocycles. The predicted octanol–water partition coefficient (Wildman–Crippen LogP) is 2.98. The van der Waals surface area contributed by atoms with Crippen molar-refractivity contribution >= 4 is 11.8 Å². The number of nitrogens with one attached hydrogen (secondary N) is 1. The van der Waals surface area contributed by atoms with Crippen LogP contribution in [0, 0.1) is 5.92 Å². The first-order valence-electron chi connectivity index (χ1n) is 7.73. The fraction of sp³-hybridized carbons (Fsp3) is 1.00. The van der Waals surface area contributed by atoms with Crippen LogP contribution in [0.3, 0.4) is 0 Å². The van der Waals surface area contributed by atoms with Gasteiger partial charge in [-0.05, 0) is 44.9 Å². The van der Waals surface area contributed by atoms with Crippen molar-refractivity contribution in [3.8, 4) is 0 Å². The number of rotatable bonds is 4. The first-order valence-corrected chi connectivity index (χ1v) is 8.78. The molecular formula is C15H30N2S. The largest absolute Gasteiger partial charge is 0.317 e. The lowest BCUT2D eigenvalue weighted by atomic mass is 9.86. The average Bonchev–Trinajstić information content (AvgIpc) is 2.81. The Hall–Kier alpha value is 0.270. The molecule has 2 rings (SSSR count). The summed E-state index contributed by atoms with van der Waals surface area (Å²) in [7, 11) is 2.12. The lowest BCUT2D eigenvalue weighted by Gasteiger charge is -2.47. The van der Waals surface area contributed by atoms with Crippen LogP contribution in [0.5, 0.6) is 0 Å². The van der Waals surface area contributed by atoms with Gasteiger partial charge in [0.1, 0.15) is 0 Å². The van der Waals surface area contributed by atoms with Gasteiger partial charge in [-0.15, -0.1) is 0 Å². The highest BCUT2D eigenvalue weighted by molar-refractivity contribution is 7.99. The van der Waals surface area contributed by atoms with Gasteiger partial charge in [-0.2, -0.15) is 11.8 Å². The lowest BCUT2D eigenvalue weighted by molar-refractivity contribution is 0.0526. The van der Waals surface area contributed by atoms with Crippen molar-refractivity contribution in [2.45, 2.75) is 69.8 Å². The second kappa shape index (κ2) is 6.62. The highest BCUT2D eigenvalue weighted by Gasteiger charge is 2.39. The van der Waals surface area contributed by atoms with E-state index in [0.717, 1.165) is 29.3 Å².